The van der Waals surface area contributed by atoms with E-state index in [9.17, 15) is 8.42 Å². The van der Waals surface area contributed by atoms with Gasteiger partial charge in [0.1, 0.15) is 0 Å². The van der Waals surface area contributed by atoms with Gasteiger partial charge in [0.15, 0.2) is 9.84 Å². The average molecular weight is 273 g/mol. The summed E-state index contributed by atoms with van der Waals surface area (Å²) in [4.78, 5) is 0. The van der Waals surface area contributed by atoms with E-state index in [1.165, 1.54) is 38.5 Å². The number of sulfone groups is 1. The zero-order chi connectivity index (χ0) is 13.0. The smallest absolute Gasteiger partial charge is 0.154 e. The molecule has 0 aromatic heterocycles. The third-order valence-corrected chi connectivity index (χ3v) is 7.08. The van der Waals surface area contributed by atoms with Crippen molar-refractivity contribution in [2.75, 3.05) is 12.8 Å². The number of hydrogen-bond acceptors (Lipinski definition) is 3. The van der Waals surface area contributed by atoms with Gasteiger partial charge in [-0.25, -0.2) is 8.42 Å². The molecule has 1 aliphatic carbocycles. The monoisotopic (exact) mass is 273 g/mol. The minimum Gasteiger partial charge on any atom is -0.315 e. The molecular formula is C14H27NO2S. The zero-order valence-electron chi connectivity index (χ0n) is 11.5. The van der Waals surface area contributed by atoms with E-state index in [0.29, 0.717) is 11.7 Å². The van der Waals surface area contributed by atoms with Crippen LogP contribution in [0.2, 0.25) is 0 Å². The van der Waals surface area contributed by atoms with Crippen LogP contribution in [0.1, 0.15) is 57.8 Å². The molecule has 0 amide bonds. The molecule has 1 heterocycles. The molecule has 106 valence electrons. The van der Waals surface area contributed by atoms with Gasteiger partial charge in [0.05, 0.1) is 11.0 Å². The maximum absolute atomic E-state index is 12.3. The molecule has 18 heavy (non-hydrogen) atoms. The van der Waals surface area contributed by atoms with E-state index < -0.39 is 9.84 Å². The Morgan fingerprint density at radius 1 is 0.944 bits per heavy atom. The molecule has 0 bridgehead atoms. The lowest BCUT2D eigenvalue weighted by molar-refractivity contribution is 0.308. The lowest BCUT2D eigenvalue weighted by Crippen LogP contribution is -2.49. The van der Waals surface area contributed by atoms with Gasteiger partial charge in [-0.15, -0.1) is 0 Å². The standard InChI is InChI=1S/C14H27NO2S/c1-15-14(12-8-4-2-3-5-9-12)13-10-6-7-11-18(13,16)17/h12-15H,2-11H2,1H3. The molecule has 1 saturated carbocycles. The quantitative estimate of drug-likeness (QED) is 0.804. The van der Waals surface area contributed by atoms with Crippen molar-refractivity contribution in [3.63, 3.8) is 0 Å². The van der Waals surface area contributed by atoms with Crippen molar-refractivity contribution in [3.05, 3.63) is 0 Å². The molecule has 3 nitrogen and oxygen atoms in total. The van der Waals surface area contributed by atoms with Crippen molar-refractivity contribution >= 4 is 9.84 Å². The molecule has 0 radical (unpaired) electrons. The van der Waals surface area contributed by atoms with Gasteiger partial charge in [0.25, 0.3) is 0 Å². The SMILES string of the molecule is CNC(C1CCCCCC1)C1CCCCS1(=O)=O. The molecule has 2 rings (SSSR count). The summed E-state index contributed by atoms with van der Waals surface area (Å²) in [5, 5.41) is 3.22. The van der Waals surface area contributed by atoms with E-state index in [-0.39, 0.29) is 11.3 Å². The van der Waals surface area contributed by atoms with E-state index in [2.05, 4.69) is 5.32 Å². The normalized spacial score (nSPS) is 31.7. The highest BCUT2D eigenvalue weighted by Gasteiger charge is 2.38. The van der Waals surface area contributed by atoms with Crippen LogP contribution < -0.4 is 5.32 Å². The maximum Gasteiger partial charge on any atom is 0.154 e. The highest BCUT2D eigenvalue weighted by molar-refractivity contribution is 7.92. The largest absolute Gasteiger partial charge is 0.315 e. The molecule has 4 heteroatoms. The molecule has 2 aliphatic rings. The van der Waals surface area contributed by atoms with Gasteiger partial charge in [0.2, 0.25) is 0 Å². The molecule has 0 aromatic carbocycles. The molecule has 1 saturated heterocycles. The number of rotatable bonds is 3. The lowest BCUT2D eigenvalue weighted by atomic mass is 9.88. The van der Waals surface area contributed by atoms with E-state index in [1.807, 2.05) is 7.05 Å². The molecule has 2 atom stereocenters. The van der Waals surface area contributed by atoms with Crippen LogP contribution in [-0.2, 0) is 9.84 Å². The Balaban J connectivity index is 2.10. The Bertz CT molecular complexity index is 345. The van der Waals surface area contributed by atoms with Crippen LogP contribution >= 0.6 is 0 Å². The van der Waals surface area contributed by atoms with E-state index in [0.717, 1.165) is 19.3 Å². The summed E-state index contributed by atoms with van der Waals surface area (Å²) in [5.41, 5.74) is 0. The second-order valence-electron chi connectivity index (χ2n) is 5.97. The first-order chi connectivity index (χ1) is 8.65. The van der Waals surface area contributed by atoms with Crippen LogP contribution in [0.4, 0.5) is 0 Å². The number of nitrogens with one attached hydrogen (secondary N) is 1. The van der Waals surface area contributed by atoms with Crippen molar-refractivity contribution in [3.8, 4) is 0 Å². The predicted octanol–water partition coefficient (Wildman–Crippen LogP) is 2.51. The Morgan fingerprint density at radius 2 is 1.56 bits per heavy atom. The minimum absolute atomic E-state index is 0.126. The Hall–Kier alpha value is -0.0900. The summed E-state index contributed by atoms with van der Waals surface area (Å²) in [6, 6.07) is 0.188. The van der Waals surface area contributed by atoms with E-state index >= 15 is 0 Å². The van der Waals surface area contributed by atoms with Crippen LogP contribution in [0.15, 0.2) is 0 Å². The van der Waals surface area contributed by atoms with Gasteiger partial charge in [-0.3, -0.25) is 0 Å². The molecule has 1 aliphatic heterocycles. The van der Waals surface area contributed by atoms with E-state index in [4.69, 9.17) is 0 Å². The molecule has 2 fully saturated rings. The summed E-state index contributed by atoms with van der Waals surface area (Å²) in [6.07, 6.45) is 10.4. The first kappa shape index (κ1) is 14.3. The summed E-state index contributed by atoms with van der Waals surface area (Å²) in [5.74, 6) is 0.970. The van der Waals surface area contributed by atoms with Crippen LogP contribution in [0.5, 0.6) is 0 Å². The van der Waals surface area contributed by atoms with Crippen molar-refractivity contribution < 1.29 is 8.42 Å². The fourth-order valence-electron chi connectivity index (χ4n) is 3.78. The third kappa shape index (κ3) is 3.27. The number of hydrogen-bond donors (Lipinski definition) is 1. The van der Waals surface area contributed by atoms with E-state index in [1.54, 1.807) is 0 Å². The Morgan fingerprint density at radius 3 is 2.11 bits per heavy atom. The maximum atomic E-state index is 12.3. The molecular weight excluding hydrogens is 246 g/mol. The highest BCUT2D eigenvalue weighted by atomic mass is 32.2. The van der Waals surface area contributed by atoms with Crippen LogP contribution in [0.25, 0.3) is 0 Å². The van der Waals surface area contributed by atoms with Crippen LogP contribution in [0, 0.1) is 5.92 Å². The van der Waals surface area contributed by atoms with Crippen LogP contribution in [-0.4, -0.2) is 32.5 Å². The van der Waals surface area contributed by atoms with Crippen molar-refractivity contribution in [1.29, 1.82) is 0 Å². The van der Waals surface area contributed by atoms with Gasteiger partial charge >= 0.3 is 0 Å². The highest BCUT2D eigenvalue weighted by Crippen LogP contribution is 2.32. The van der Waals surface area contributed by atoms with Gasteiger partial charge in [-0.05, 0) is 38.6 Å². The Labute approximate surface area is 112 Å². The summed E-state index contributed by atoms with van der Waals surface area (Å²) in [6.45, 7) is 0. The summed E-state index contributed by atoms with van der Waals surface area (Å²) >= 11 is 0. The van der Waals surface area contributed by atoms with Gasteiger partial charge in [0, 0.05) is 6.04 Å². The van der Waals surface area contributed by atoms with Gasteiger partial charge < -0.3 is 5.32 Å². The topological polar surface area (TPSA) is 46.2 Å². The van der Waals surface area contributed by atoms with Crippen molar-refractivity contribution in [2.24, 2.45) is 5.92 Å². The fourth-order valence-corrected chi connectivity index (χ4v) is 6.02. The summed E-state index contributed by atoms with van der Waals surface area (Å²) < 4.78 is 24.5. The predicted molar refractivity (Wildman–Crippen MR) is 75.5 cm³/mol. The molecule has 1 N–H and O–H groups in total. The van der Waals surface area contributed by atoms with Gasteiger partial charge in [-0.1, -0.05) is 32.1 Å². The zero-order valence-corrected chi connectivity index (χ0v) is 12.3. The van der Waals surface area contributed by atoms with Crippen LogP contribution in [0.3, 0.4) is 0 Å². The second kappa shape index (κ2) is 6.38. The third-order valence-electron chi connectivity index (χ3n) is 4.77. The first-order valence-electron chi connectivity index (χ1n) is 7.54. The fraction of sp³-hybridized carbons (Fsp3) is 1.00. The van der Waals surface area contributed by atoms with Crippen molar-refractivity contribution in [1.82, 2.24) is 5.32 Å². The lowest BCUT2D eigenvalue weighted by Gasteiger charge is -2.35. The first-order valence-corrected chi connectivity index (χ1v) is 9.25. The second-order valence-corrected chi connectivity index (χ2v) is 8.31. The Kier molecular flexibility index (Phi) is 5.07. The summed E-state index contributed by atoms with van der Waals surface area (Å²) in [7, 11) is -0.914. The molecule has 0 aromatic rings. The molecule has 0 spiro atoms. The molecule has 2 unspecified atom stereocenters. The van der Waals surface area contributed by atoms with Crippen molar-refractivity contribution in [2.45, 2.75) is 69.1 Å². The minimum atomic E-state index is -2.86. The average Bonchev–Trinajstić information content (AvgIpc) is 2.61. The van der Waals surface area contributed by atoms with Gasteiger partial charge in [-0.2, -0.15) is 0 Å².